The largest absolute Gasteiger partial charge is 0.457 e. The van der Waals surface area contributed by atoms with Gasteiger partial charge < -0.3 is 4.74 Å². The number of fused-ring (bicyclic) bond motifs is 10. The molecule has 1 heterocycles. The van der Waals surface area contributed by atoms with E-state index in [1.54, 1.807) is 0 Å². The second-order valence-electron chi connectivity index (χ2n) is 8.43. The molecule has 0 saturated heterocycles. The topological polar surface area (TPSA) is 9.23 Å². The number of rotatable bonds is 0. The molecule has 1 saturated carbocycles. The molecule has 1 nitrogen and oxygen atoms in total. The fraction of sp³-hybridized carbons (Fsp3) is 0.185. The van der Waals surface area contributed by atoms with E-state index >= 15 is 0 Å². The molecule has 4 aliphatic carbocycles. The first-order valence-electron chi connectivity index (χ1n) is 10.3. The first-order chi connectivity index (χ1) is 13.9. The van der Waals surface area contributed by atoms with E-state index in [1.165, 1.54) is 39.8 Å². The van der Waals surface area contributed by atoms with Crippen LogP contribution >= 0.6 is 0 Å². The summed E-state index contributed by atoms with van der Waals surface area (Å²) in [5.41, 5.74) is 7.98. The summed E-state index contributed by atoms with van der Waals surface area (Å²) in [6.45, 7) is 0. The Labute approximate surface area is 165 Å². The van der Waals surface area contributed by atoms with Crippen molar-refractivity contribution < 1.29 is 4.74 Å². The predicted molar refractivity (Wildman–Crippen MR) is 112 cm³/mol. The van der Waals surface area contributed by atoms with Crippen LogP contribution < -0.4 is 4.74 Å². The Morgan fingerprint density at radius 2 is 1.68 bits per heavy atom. The van der Waals surface area contributed by atoms with Gasteiger partial charge in [-0.2, -0.15) is 0 Å². The number of allylic oxidation sites excluding steroid dienone is 9. The number of benzene rings is 2. The summed E-state index contributed by atoms with van der Waals surface area (Å²) < 4.78 is 6.44. The Hall–Kier alpha value is -3.06. The number of ether oxygens (including phenoxy) is 1. The van der Waals surface area contributed by atoms with Gasteiger partial charge in [0.2, 0.25) is 0 Å². The maximum absolute atomic E-state index is 6.44. The molecule has 0 N–H and O–H groups in total. The zero-order chi connectivity index (χ0) is 18.3. The molecular formula is C27H20O. The number of hydrogen-bond donors (Lipinski definition) is 0. The minimum atomic E-state index is -0.272. The molecule has 2 aromatic rings. The monoisotopic (exact) mass is 360 g/mol. The molecule has 0 radical (unpaired) electrons. The highest BCUT2D eigenvalue weighted by Gasteiger charge is 2.56. The van der Waals surface area contributed by atoms with Crippen molar-refractivity contribution in [3.63, 3.8) is 0 Å². The molecule has 28 heavy (non-hydrogen) atoms. The van der Waals surface area contributed by atoms with Gasteiger partial charge in [-0.1, -0.05) is 72.8 Å². The van der Waals surface area contributed by atoms with Crippen molar-refractivity contribution in [2.45, 2.75) is 18.3 Å². The van der Waals surface area contributed by atoms with E-state index in [9.17, 15) is 0 Å². The van der Waals surface area contributed by atoms with E-state index < -0.39 is 0 Å². The number of hydrogen-bond acceptors (Lipinski definition) is 1. The maximum atomic E-state index is 6.44. The molecule has 3 atom stereocenters. The van der Waals surface area contributed by atoms with Gasteiger partial charge in [-0.15, -0.1) is 0 Å². The van der Waals surface area contributed by atoms with Crippen LogP contribution in [0.2, 0.25) is 0 Å². The molecule has 1 aliphatic heterocycles. The summed E-state index contributed by atoms with van der Waals surface area (Å²) in [5.74, 6) is 3.44. The summed E-state index contributed by atoms with van der Waals surface area (Å²) in [6, 6.07) is 17.6. The molecular weight excluding hydrogens is 340 g/mol. The molecule has 0 bridgehead atoms. The summed E-state index contributed by atoms with van der Waals surface area (Å²) in [7, 11) is 0. The highest BCUT2D eigenvalue weighted by atomic mass is 16.5. The molecule has 2 aromatic carbocycles. The van der Waals surface area contributed by atoms with E-state index in [-0.39, 0.29) is 5.41 Å². The van der Waals surface area contributed by atoms with E-state index in [0.29, 0.717) is 5.92 Å². The van der Waals surface area contributed by atoms with E-state index in [1.807, 2.05) is 0 Å². The molecule has 134 valence electrons. The van der Waals surface area contributed by atoms with Crippen LogP contribution in [0.15, 0.2) is 102 Å². The molecule has 7 rings (SSSR count). The van der Waals surface area contributed by atoms with Gasteiger partial charge in [0.05, 0.1) is 5.41 Å². The lowest BCUT2D eigenvalue weighted by Gasteiger charge is -2.41. The van der Waals surface area contributed by atoms with Crippen molar-refractivity contribution in [1.82, 2.24) is 0 Å². The highest BCUT2D eigenvalue weighted by molar-refractivity contribution is 5.96. The summed E-state index contributed by atoms with van der Waals surface area (Å²) in [4.78, 5) is 0. The maximum Gasteiger partial charge on any atom is 0.132 e. The lowest BCUT2D eigenvalue weighted by Crippen LogP contribution is -2.35. The van der Waals surface area contributed by atoms with Crippen LogP contribution in [-0.2, 0) is 5.41 Å². The molecule has 5 aliphatic rings. The zero-order valence-corrected chi connectivity index (χ0v) is 15.6. The van der Waals surface area contributed by atoms with Crippen LogP contribution in [0.4, 0.5) is 0 Å². The Balaban J connectivity index is 1.67. The fourth-order valence-electron chi connectivity index (χ4n) is 5.70. The average Bonchev–Trinajstić information content (AvgIpc) is 3.49. The molecule has 0 amide bonds. The Kier molecular flexibility index (Phi) is 2.69. The summed E-state index contributed by atoms with van der Waals surface area (Å²) in [6.07, 6.45) is 16.3. The minimum Gasteiger partial charge on any atom is -0.457 e. The van der Waals surface area contributed by atoms with Crippen molar-refractivity contribution in [3.8, 4) is 5.75 Å². The minimum absolute atomic E-state index is 0.272. The van der Waals surface area contributed by atoms with Gasteiger partial charge in [-0.05, 0) is 59.1 Å². The third-order valence-corrected chi connectivity index (χ3v) is 6.99. The molecule has 1 spiro atoms. The smallest absolute Gasteiger partial charge is 0.132 e. The molecule has 0 aromatic heterocycles. The lowest BCUT2D eigenvalue weighted by molar-refractivity contribution is 0.388. The summed E-state index contributed by atoms with van der Waals surface area (Å²) >= 11 is 0. The van der Waals surface area contributed by atoms with Gasteiger partial charge in [-0.25, -0.2) is 0 Å². The fourth-order valence-corrected chi connectivity index (χ4v) is 5.70. The van der Waals surface area contributed by atoms with Gasteiger partial charge in [0.1, 0.15) is 11.5 Å². The Morgan fingerprint density at radius 3 is 2.64 bits per heavy atom. The van der Waals surface area contributed by atoms with Crippen molar-refractivity contribution in [3.05, 3.63) is 119 Å². The van der Waals surface area contributed by atoms with Crippen LogP contribution in [0.3, 0.4) is 0 Å². The van der Waals surface area contributed by atoms with Crippen LogP contribution in [-0.4, -0.2) is 0 Å². The molecule has 1 fully saturated rings. The second kappa shape index (κ2) is 5.05. The Morgan fingerprint density at radius 1 is 0.857 bits per heavy atom. The van der Waals surface area contributed by atoms with Crippen molar-refractivity contribution in [2.24, 2.45) is 11.8 Å². The molecule has 1 heteroatoms. The van der Waals surface area contributed by atoms with E-state index in [0.717, 1.165) is 23.8 Å². The average molecular weight is 360 g/mol. The quantitative estimate of drug-likeness (QED) is 0.551. The lowest BCUT2D eigenvalue weighted by atomic mass is 9.64. The third-order valence-electron chi connectivity index (χ3n) is 6.99. The Bertz CT molecular complexity index is 1200. The summed E-state index contributed by atoms with van der Waals surface area (Å²) in [5, 5.41) is 0. The SMILES string of the molecule is C1=CCC=C2Oc3ccccc3C3(C2=C1)C1=CC2CC2C=C1c1ccccc13. The highest BCUT2D eigenvalue weighted by Crippen LogP contribution is 2.65. The van der Waals surface area contributed by atoms with Crippen molar-refractivity contribution >= 4 is 5.57 Å². The number of para-hydroxylation sites is 1. The first-order valence-corrected chi connectivity index (χ1v) is 10.3. The predicted octanol–water partition coefficient (Wildman–Crippen LogP) is 6.11. The van der Waals surface area contributed by atoms with Gasteiger partial charge in [0.25, 0.3) is 0 Å². The van der Waals surface area contributed by atoms with Crippen LogP contribution in [0.1, 0.15) is 29.5 Å². The van der Waals surface area contributed by atoms with E-state index in [2.05, 4.69) is 85.0 Å². The van der Waals surface area contributed by atoms with Crippen LogP contribution in [0, 0.1) is 11.8 Å². The standard InChI is InChI=1S/C27H20O/c1-2-10-22-25(12-3-1)28-26-13-7-6-11-23(26)27(22)21-9-5-4-8-19(21)20-15-17-14-18(17)16-24(20)27/h1-2,4-13,15-18H,3,14H2. The van der Waals surface area contributed by atoms with Crippen molar-refractivity contribution in [2.75, 3.05) is 0 Å². The molecule has 3 unspecified atom stereocenters. The first kappa shape index (κ1) is 14.9. The van der Waals surface area contributed by atoms with Gasteiger partial charge in [-0.3, -0.25) is 0 Å². The van der Waals surface area contributed by atoms with Gasteiger partial charge in [0.15, 0.2) is 0 Å². The van der Waals surface area contributed by atoms with Crippen molar-refractivity contribution in [1.29, 1.82) is 0 Å². The van der Waals surface area contributed by atoms with Gasteiger partial charge >= 0.3 is 0 Å². The van der Waals surface area contributed by atoms with Gasteiger partial charge in [0, 0.05) is 11.1 Å². The van der Waals surface area contributed by atoms with Crippen LogP contribution in [0.5, 0.6) is 5.75 Å². The van der Waals surface area contributed by atoms with E-state index in [4.69, 9.17) is 4.74 Å². The second-order valence-corrected chi connectivity index (χ2v) is 8.43. The zero-order valence-electron chi connectivity index (χ0n) is 15.6. The van der Waals surface area contributed by atoms with Crippen LogP contribution in [0.25, 0.3) is 5.57 Å². The normalized spacial score (nSPS) is 30.3. The third kappa shape index (κ3) is 1.69.